The number of benzene rings is 1. The van der Waals surface area contributed by atoms with Crippen LogP contribution in [0.4, 0.5) is 0 Å². The quantitative estimate of drug-likeness (QED) is 0.720. The van der Waals surface area contributed by atoms with E-state index in [1.54, 1.807) is 31.4 Å². The number of aliphatic carboxylic acids is 1. The first-order valence-corrected chi connectivity index (χ1v) is 4.65. The van der Waals surface area contributed by atoms with E-state index in [0.717, 1.165) is 5.56 Å². The smallest absolute Gasteiger partial charge is 0.307 e. The summed E-state index contributed by atoms with van der Waals surface area (Å²) in [6.07, 6.45) is 0.0154. The Morgan fingerprint density at radius 1 is 1.40 bits per heavy atom. The summed E-state index contributed by atoms with van der Waals surface area (Å²) in [5.41, 5.74) is 0.734. The van der Waals surface area contributed by atoms with Gasteiger partial charge in [0.25, 0.3) is 0 Å². The first kappa shape index (κ1) is 11.5. The summed E-state index contributed by atoms with van der Waals surface area (Å²) in [7, 11) is 1.60. The second-order valence-electron chi connectivity index (χ2n) is 3.06. The first-order chi connectivity index (χ1) is 7.22. The minimum Gasteiger partial charge on any atom is -0.491 e. The van der Waals surface area contributed by atoms with Gasteiger partial charge in [-0.05, 0) is 17.7 Å². The van der Waals surface area contributed by atoms with E-state index in [9.17, 15) is 4.79 Å². The summed E-state index contributed by atoms with van der Waals surface area (Å²) in [5.74, 6) is -0.171. The molecule has 4 nitrogen and oxygen atoms in total. The van der Waals surface area contributed by atoms with E-state index in [-0.39, 0.29) is 6.42 Å². The number of carboxylic acid groups (broad SMARTS) is 1. The van der Waals surface area contributed by atoms with Gasteiger partial charge >= 0.3 is 5.97 Å². The topological polar surface area (TPSA) is 55.8 Å². The van der Waals surface area contributed by atoms with E-state index < -0.39 is 5.97 Å². The maximum Gasteiger partial charge on any atom is 0.307 e. The predicted molar refractivity (Wildman–Crippen MR) is 55.2 cm³/mol. The fourth-order valence-corrected chi connectivity index (χ4v) is 1.16. The third-order valence-corrected chi connectivity index (χ3v) is 1.81. The van der Waals surface area contributed by atoms with Crippen molar-refractivity contribution >= 4 is 5.97 Å². The molecule has 82 valence electrons. The van der Waals surface area contributed by atoms with Crippen molar-refractivity contribution in [3.05, 3.63) is 29.8 Å². The van der Waals surface area contributed by atoms with Crippen molar-refractivity contribution in [3.63, 3.8) is 0 Å². The van der Waals surface area contributed by atoms with Crippen molar-refractivity contribution < 1.29 is 19.4 Å². The highest BCUT2D eigenvalue weighted by Gasteiger charge is 2.01. The van der Waals surface area contributed by atoms with Crippen LogP contribution in [0.3, 0.4) is 0 Å². The number of rotatable bonds is 6. The van der Waals surface area contributed by atoms with Crippen molar-refractivity contribution in [3.8, 4) is 5.75 Å². The lowest BCUT2D eigenvalue weighted by Gasteiger charge is -2.06. The van der Waals surface area contributed by atoms with Gasteiger partial charge in [0.2, 0.25) is 0 Å². The molecule has 0 saturated carbocycles. The van der Waals surface area contributed by atoms with Gasteiger partial charge in [-0.3, -0.25) is 4.79 Å². The Labute approximate surface area is 88.4 Å². The lowest BCUT2D eigenvalue weighted by atomic mass is 10.1. The molecule has 0 atom stereocenters. The van der Waals surface area contributed by atoms with Crippen LogP contribution in [0, 0.1) is 0 Å². The average molecular weight is 210 g/mol. The lowest BCUT2D eigenvalue weighted by molar-refractivity contribution is -0.136. The predicted octanol–water partition coefficient (Wildman–Crippen LogP) is 1.34. The number of ether oxygens (including phenoxy) is 2. The molecule has 0 aliphatic rings. The molecule has 0 unspecified atom stereocenters. The van der Waals surface area contributed by atoms with Crippen molar-refractivity contribution in [2.24, 2.45) is 0 Å². The van der Waals surface area contributed by atoms with Gasteiger partial charge in [0, 0.05) is 7.11 Å². The van der Waals surface area contributed by atoms with Crippen LogP contribution >= 0.6 is 0 Å². The van der Waals surface area contributed by atoms with Gasteiger partial charge in [-0.2, -0.15) is 0 Å². The summed E-state index contributed by atoms with van der Waals surface area (Å²) in [4.78, 5) is 10.5. The third-order valence-electron chi connectivity index (χ3n) is 1.81. The van der Waals surface area contributed by atoms with E-state index in [4.69, 9.17) is 14.6 Å². The zero-order valence-corrected chi connectivity index (χ0v) is 8.60. The third kappa shape index (κ3) is 4.46. The maximum absolute atomic E-state index is 10.5. The maximum atomic E-state index is 10.5. The van der Waals surface area contributed by atoms with Gasteiger partial charge in [-0.15, -0.1) is 0 Å². The fourth-order valence-electron chi connectivity index (χ4n) is 1.16. The summed E-state index contributed by atoms with van der Waals surface area (Å²) >= 11 is 0. The molecule has 0 bridgehead atoms. The summed E-state index contributed by atoms with van der Waals surface area (Å²) < 4.78 is 10.2. The Morgan fingerprint density at radius 2 is 2.20 bits per heavy atom. The van der Waals surface area contributed by atoms with Crippen molar-refractivity contribution in [1.29, 1.82) is 0 Å². The molecule has 0 fully saturated rings. The van der Waals surface area contributed by atoms with Gasteiger partial charge in [-0.1, -0.05) is 12.1 Å². The minimum atomic E-state index is -0.843. The highest BCUT2D eigenvalue weighted by Crippen LogP contribution is 2.13. The number of hydrogen-bond donors (Lipinski definition) is 1. The van der Waals surface area contributed by atoms with Crippen LogP contribution in [0.5, 0.6) is 5.75 Å². The average Bonchev–Trinajstić information content (AvgIpc) is 2.18. The normalized spacial score (nSPS) is 9.93. The number of carbonyl (C=O) groups is 1. The van der Waals surface area contributed by atoms with E-state index >= 15 is 0 Å². The Kier molecular flexibility index (Phi) is 4.63. The second kappa shape index (κ2) is 6.03. The highest BCUT2D eigenvalue weighted by molar-refractivity contribution is 5.70. The van der Waals surface area contributed by atoms with Gasteiger partial charge in [0.05, 0.1) is 13.0 Å². The molecule has 0 spiro atoms. The van der Waals surface area contributed by atoms with Gasteiger partial charge in [0.1, 0.15) is 12.4 Å². The van der Waals surface area contributed by atoms with Crippen molar-refractivity contribution in [2.45, 2.75) is 6.42 Å². The van der Waals surface area contributed by atoms with Crippen LogP contribution in [0.2, 0.25) is 0 Å². The zero-order valence-electron chi connectivity index (χ0n) is 8.60. The van der Waals surface area contributed by atoms with E-state index in [1.807, 2.05) is 0 Å². The van der Waals surface area contributed by atoms with Crippen molar-refractivity contribution in [1.82, 2.24) is 0 Å². The van der Waals surface area contributed by atoms with E-state index in [1.165, 1.54) is 0 Å². The monoisotopic (exact) mass is 210 g/mol. The van der Waals surface area contributed by atoms with Gasteiger partial charge in [-0.25, -0.2) is 0 Å². The summed E-state index contributed by atoms with van der Waals surface area (Å²) in [6, 6.07) is 7.06. The molecule has 1 aromatic rings. The molecule has 1 aromatic carbocycles. The van der Waals surface area contributed by atoms with Crippen LogP contribution in [0.1, 0.15) is 5.56 Å². The molecule has 0 heterocycles. The molecular formula is C11H14O4. The summed E-state index contributed by atoms with van der Waals surface area (Å²) in [5, 5.41) is 8.61. The van der Waals surface area contributed by atoms with Crippen LogP contribution in [0.25, 0.3) is 0 Å². The fraction of sp³-hybridized carbons (Fsp3) is 0.364. The van der Waals surface area contributed by atoms with E-state index in [0.29, 0.717) is 19.0 Å². The Balaban J connectivity index is 2.53. The molecular weight excluding hydrogens is 196 g/mol. The van der Waals surface area contributed by atoms with E-state index in [2.05, 4.69) is 0 Å². The molecule has 1 rings (SSSR count). The molecule has 0 aliphatic carbocycles. The van der Waals surface area contributed by atoms with Crippen LogP contribution in [-0.4, -0.2) is 31.4 Å². The SMILES string of the molecule is COCCOc1cccc(CC(=O)O)c1. The number of methoxy groups -OCH3 is 1. The largest absolute Gasteiger partial charge is 0.491 e. The van der Waals surface area contributed by atoms with Crippen molar-refractivity contribution in [2.75, 3.05) is 20.3 Å². The Bertz CT molecular complexity index is 322. The first-order valence-electron chi connectivity index (χ1n) is 4.65. The number of carboxylic acids is 1. The molecule has 4 heteroatoms. The molecule has 15 heavy (non-hydrogen) atoms. The Morgan fingerprint density at radius 3 is 2.87 bits per heavy atom. The van der Waals surface area contributed by atoms with Gasteiger partial charge in [0.15, 0.2) is 0 Å². The Hall–Kier alpha value is -1.55. The molecule has 0 radical (unpaired) electrons. The molecule has 0 aromatic heterocycles. The molecule has 1 N–H and O–H groups in total. The van der Waals surface area contributed by atoms with Gasteiger partial charge < -0.3 is 14.6 Å². The van der Waals surface area contributed by atoms with Crippen LogP contribution in [0.15, 0.2) is 24.3 Å². The standard InChI is InChI=1S/C11H14O4/c1-14-5-6-15-10-4-2-3-9(7-10)8-11(12)13/h2-4,7H,5-6,8H2,1H3,(H,12,13). The number of hydrogen-bond acceptors (Lipinski definition) is 3. The molecule has 0 aliphatic heterocycles. The van der Waals surface area contributed by atoms with Crippen LogP contribution < -0.4 is 4.74 Å². The lowest BCUT2D eigenvalue weighted by Crippen LogP contribution is -2.05. The zero-order chi connectivity index (χ0) is 11.1. The second-order valence-corrected chi connectivity index (χ2v) is 3.06. The molecule has 0 saturated heterocycles. The molecule has 0 amide bonds. The highest BCUT2D eigenvalue weighted by atomic mass is 16.5. The van der Waals surface area contributed by atoms with Crippen LogP contribution in [-0.2, 0) is 16.0 Å². The summed E-state index contributed by atoms with van der Waals surface area (Å²) in [6.45, 7) is 0.982. The minimum absolute atomic E-state index is 0.0154.